The van der Waals surface area contributed by atoms with Crippen molar-refractivity contribution in [3.05, 3.63) is 29.8 Å². The Bertz CT molecular complexity index is 423. The molecule has 1 saturated heterocycles. The summed E-state index contributed by atoms with van der Waals surface area (Å²) in [7, 11) is 0. The first-order valence-electron chi connectivity index (χ1n) is 6.26. The summed E-state index contributed by atoms with van der Waals surface area (Å²) in [5.74, 6) is -0.814. The zero-order chi connectivity index (χ0) is 13.0. The van der Waals surface area contributed by atoms with E-state index < -0.39 is 5.95 Å². The minimum atomic E-state index is -0.642. The van der Waals surface area contributed by atoms with Gasteiger partial charge < -0.3 is 10.0 Å². The van der Waals surface area contributed by atoms with E-state index in [4.69, 9.17) is 5.11 Å². The Kier molecular flexibility index (Phi) is 4.25. The Morgan fingerprint density at radius 2 is 2.39 bits per heavy atom. The summed E-state index contributed by atoms with van der Waals surface area (Å²) in [5.41, 5.74) is 0.326. The maximum absolute atomic E-state index is 13.0. The summed E-state index contributed by atoms with van der Waals surface area (Å²) >= 11 is 0. The SMILES string of the molecule is O=C(c1ccnc(F)c1)N1CCCCC1CCO. The van der Waals surface area contributed by atoms with E-state index in [2.05, 4.69) is 4.98 Å². The normalized spacial score (nSPS) is 19.9. The average Bonchev–Trinajstić information content (AvgIpc) is 2.39. The van der Waals surface area contributed by atoms with Gasteiger partial charge in [0, 0.05) is 37.0 Å². The van der Waals surface area contributed by atoms with Crippen LogP contribution in [0.25, 0.3) is 0 Å². The lowest BCUT2D eigenvalue weighted by Crippen LogP contribution is -2.44. The Morgan fingerprint density at radius 1 is 1.56 bits per heavy atom. The maximum Gasteiger partial charge on any atom is 0.254 e. The van der Waals surface area contributed by atoms with Crippen molar-refractivity contribution < 1.29 is 14.3 Å². The quantitative estimate of drug-likeness (QED) is 0.831. The van der Waals surface area contributed by atoms with Gasteiger partial charge in [-0.3, -0.25) is 4.79 Å². The fourth-order valence-corrected chi connectivity index (χ4v) is 2.42. The van der Waals surface area contributed by atoms with Crippen LogP contribution in [0.2, 0.25) is 0 Å². The lowest BCUT2D eigenvalue weighted by molar-refractivity contribution is 0.0574. The van der Waals surface area contributed by atoms with Gasteiger partial charge in [-0.2, -0.15) is 4.39 Å². The first-order valence-corrected chi connectivity index (χ1v) is 6.26. The average molecular weight is 252 g/mol. The molecule has 0 bridgehead atoms. The molecule has 1 aliphatic heterocycles. The third-order valence-electron chi connectivity index (χ3n) is 3.32. The first kappa shape index (κ1) is 13.0. The fraction of sp³-hybridized carbons (Fsp3) is 0.538. The van der Waals surface area contributed by atoms with Gasteiger partial charge in [-0.1, -0.05) is 0 Å². The van der Waals surface area contributed by atoms with E-state index in [0.29, 0.717) is 18.5 Å². The van der Waals surface area contributed by atoms with Crippen LogP contribution in [0.4, 0.5) is 4.39 Å². The van der Waals surface area contributed by atoms with Crippen LogP contribution < -0.4 is 0 Å². The van der Waals surface area contributed by atoms with Crippen molar-refractivity contribution in [2.45, 2.75) is 31.7 Å². The summed E-state index contributed by atoms with van der Waals surface area (Å²) in [5, 5.41) is 9.02. The lowest BCUT2D eigenvalue weighted by atomic mass is 9.98. The van der Waals surface area contributed by atoms with E-state index in [1.165, 1.54) is 12.3 Å². The van der Waals surface area contributed by atoms with E-state index in [0.717, 1.165) is 25.3 Å². The Hall–Kier alpha value is -1.49. The van der Waals surface area contributed by atoms with Crippen molar-refractivity contribution in [2.24, 2.45) is 0 Å². The monoisotopic (exact) mass is 252 g/mol. The number of aliphatic hydroxyl groups excluding tert-OH is 1. The number of piperidine rings is 1. The van der Waals surface area contributed by atoms with Gasteiger partial charge in [-0.15, -0.1) is 0 Å². The molecule has 0 aromatic carbocycles. The molecule has 98 valence electrons. The Labute approximate surface area is 105 Å². The molecular formula is C13H17FN2O2. The number of pyridine rings is 1. The molecule has 5 heteroatoms. The molecule has 1 aromatic heterocycles. The largest absolute Gasteiger partial charge is 0.396 e. The van der Waals surface area contributed by atoms with Gasteiger partial charge in [0.2, 0.25) is 5.95 Å². The molecule has 0 spiro atoms. The van der Waals surface area contributed by atoms with E-state index in [1.54, 1.807) is 4.90 Å². The molecule has 1 aliphatic rings. The summed E-state index contributed by atoms with van der Waals surface area (Å²) in [6.07, 6.45) is 4.81. The molecule has 1 atom stereocenters. The molecule has 4 nitrogen and oxygen atoms in total. The van der Waals surface area contributed by atoms with E-state index in [9.17, 15) is 9.18 Å². The van der Waals surface area contributed by atoms with Crippen LogP contribution in [0, 0.1) is 5.95 Å². The smallest absolute Gasteiger partial charge is 0.254 e. The lowest BCUT2D eigenvalue weighted by Gasteiger charge is -2.35. The maximum atomic E-state index is 13.0. The van der Waals surface area contributed by atoms with Gasteiger partial charge in [0.1, 0.15) is 0 Å². The molecule has 1 amide bonds. The number of amides is 1. The van der Waals surface area contributed by atoms with Crippen LogP contribution in [0.1, 0.15) is 36.0 Å². The Balaban J connectivity index is 2.15. The van der Waals surface area contributed by atoms with Gasteiger partial charge in [0.05, 0.1) is 0 Å². The molecule has 18 heavy (non-hydrogen) atoms. The second-order valence-electron chi connectivity index (χ2n) is 4.53. The molecule has 1 fully saturated rings. The highest BCUT2D eigenvalue weighted by molar-refractivity contribution is 5.94. The molecule has 2 heterocycles. The van der Waals surface area contributed by atoms with Gasteiger partial charge in [0.15, 0.2) is 0 Å². The second-order valence-corrected chi connectivity index (χ2v) is 4.53. The predicted molar refractivity (Wildman–Crippen MR) is 64.6 cm³/mol. The third-order valence-corrected chi connectivity index (χ3v) is 3.32. The highest BCUT2D eigenvalue weighted by Gasteiger charge is 2.27. The number of halogens is 1. The summed E-state index contributed by atoms with van der Waals surface area (Å²) in [6, 6.07) is 2.75. The molecule has 0 saturated carbocycles. The van der Waals surface area contributed by atoms with Crippen molar-refractivity contribution >= 4 is 5.91 Å². The van der Waals surface area contributed by atoms with Crippen molar-refractivity contribution in [1.82, 2.24) is 9.88 Å². The number of carbonyl (C=O) groups excluding carboxylic acids is 1. The number of aliphatic hydroxyl groups is 1. The zero-order valence-corrected chi connectivity index (χ0v) is 10.2. The highest BCUT2D eigenvalue weighted by Crippen LogP contribution is 2.21. The number of hydrogen-bond acceptors (Lipinski definition) is 3. The second kappa shape index (κ2) is 5.91. The number of carbonyl (C=O) groups is 1. The van der Waals surface area contributed by atoms with Crippen LogP contribution in [-0.2, 0) is 0 Å². The number of nitrogens with zero attached hydrogens (tertiary/aromatic N) is 2. The minimum absolute atomic E-state index is 0.0625. The topological polar surface area (TPSA) is 53.4 Å². The van der Waals surface area contributed by atoms with Gasteiger partial charge in [-0.05, 0) is 31.7 Å². The minimum Gasteiger partial charge on any atom is -0.396 e. The first-order chi connectivity index (χ1) is 8.72. The number of rotatable bonds is 3. The molecule has 1 aromatic rings. The van der Waals surface area contributed by atoms with Crippen LogP contribution in [0.15, 0.2) is 18.3 Å². The Morgan fingerprint density at radius 3 is 3.11 bits per heavy atom. The van der Waals surface area contributed by atoms with Gasteiger partial charge in [0.25, 0.3) is 5.91 Å². The zero-order valence-electron chi connectivity index (χ0n) is 10.2. The summed E-state index contributed by atoms with van der Waals surface area (Å²) < 4.78 is 13.0. The number of aromatic nitrogens is 1. The van der Waals surface area contributed by atoms with Crippen LogP contribution >= 0.6 is 0 Å². The molecule has 1 N–H and O–H groups in total. The number of likely N-dealkylation sites (tertiary alicyclic amines) is 1. The molecule has 2 rings (SSSR count). The molecule has 1 unspecified atom stereocenters. The van der Waals surface area contributed by atoms with Gasteiger partial charge >= 0.3 is 0 Å². The predicted octanol–water partition coefficient (Wildman–Crippen LogP) is 1.60. The molecular weight excluding hydrogens is 235 g/mol. The fourth-order valence-electron chi connectivity index (χ4n) is 2.42. The van der Waals surface area contributed by atoms with Crippen molar-refractivity contribution in [3.63, 3.8) is 0 Å². The van der Waals surface area contributed by atoms with E-state index in [1.807, 2.05) is 0 Å². The van der Waals surface area contributed by atoms with E-state index >= 15 is 0 Å². The molecule has 0 aliphatic carbocycles. The molecule has 0 radical (unpaired) electrons. The standard InChI is InChI=1S/C13H17FN2O2/c14-12-9-10(4-6-15-12)13(18)16-7-2-1-3-11(16)5-8-17/h4,6,9,11,17H,1-3,5,7-8H2. The van der Waals surface area contributed by atoms with Crippen LogP contribution in [0.3, 0.4) is 0 Å². The van der Waals surface area contributed by atoms with Crippen LogP contribution in [0.5, 0.6) is 0 Å². The highest BCUT2D eigenvalue weighted by atomic mass is 19.1. The van der Waals surface area contributed by atoms with Gasteiger partial charge in [-0.25, -0.2) is 4.98 Å². The van der Waals surface area contributed by atoms with Crippen molar-refractivity contribution in [3.8, 4) is 0 Å². The number of hydrogen-bond donors (Lipinski definition) is 1. The third kappa shape index (κ3) is 2.85. The van der Waals surface area contributed by atoms with Crippen LogP contribution in [-0.4, -0.2) is 40.1 Å². The van der Waals surface area contributed by atoms with Crippen molar-refractivity contribution in [1.29, 1.82) is 0 Å². The van der Waals surface area contributed by atoms with E-state index in [-0.39, 0.29) is 18.6 Å². The summed E-state index contributed by atoms with van der Waals surface area (Å²) in [6.45, 7) is 0.743. The van der Waals surface area contributed by atoms with Crippen molar-refractivity contribution in [2.75, 3.05) is 13.2 Å². The summed E-state index contributed by atoms with van der Waals surface area (Å²) in [4.78, 5) is 17.5.